The van der Waals surface area contributed by atoms with Crippen molar-refractivity contribution >= 4 is 13.4 Å². The Kier molecular flexibility index (Phi) is 6.54. The molecule has 6 heteroatoms. The Bertz CT molecular complexity index is 765. The van der Waals surface area contributed by atoms with E-state index in [1.807, 2.05) is 50.3 Å². The molecule has 26 heavy (non-hydrogen) atoms. The fourth-order valence-corrected chi connectivity index (χ4v) is 6.20. The summed E-state index contributed by atoms with van der Waals surface area (Å²) in [5, 5.41) is -1.20. The standard InChI is InChI=1S/C20H26NO4P/c1-5-19(21-16-22)15-20(19,24-14-18-10-8-7-9-11-18)26(23,25-6-2)13-12-17(3)4/h5,7-12H,1,6,13-15H2,2-4H3. The molecule has 0 bridgehead atoms. The average Bonchev–Trinajstić information content (AvgIpc) is 3.29. The lowest BCUT2D eigenvalue weighted by Crippen LogP contribution is -2.28. The van der Waals surface area contributed by atoms with Crippen LogP contribution in [0.2, 0.25) is 0 Å². The highest BCUT2D eigenvalue weighted by atomic mass is 31.2. The molecule has 0 aliphatic heterocycles. The minimum Gasteiger partial charge on any atom is -0.357 e. The van der Waals surface area contributed by atoms with Crippen molar-refractivity contribution in [2.45, 2.75) is 44.7 Å². The highest BCUT2D eigenvalue weighted by Gasteiger charge is 2.77. The van der Waals surface area contributed by atoms with Crippen LogP contribution in [0, 0.1) is 0 Å². The number of allylic oxidation sites excluding steroid dienone is 2. The normalized spacial score (nSPS) is 26.3. The zero-order valence-electron chi connectivity index (χ0n) is 15.6. The van der Waals surface area contributed by atoms with Gasteiger partial charge in [0.25, 0.3) is 0 Å². The van der Waals surface area contributed by atoms with Gasteiger partial charge in [-0.25, -0.2) is 4.79 Å². The van der Waals surface area contributed by atoms with Gasteiger partial charge in [0.05, 0.1) is 13.2 Å². The first-order valence-corrected chi connectivity index (χ1v) is 10.5. The van der Waals surface area contributed by atoms with Gasteiger partial charge in [-0.1, -0.05) is 48.1 Å². The molecule has 0 heterocycles. The van der Waals surface area contributed by atoms with Gasteiger partial charge >= 0.3 is 0 Å². The SMILES string of the molecule is C=CC1(N=C=O)CC1(OCc1ccccc1)P(=O)(CC=C(C)C)OCC. The van der Waals surface area contributed by atoms with Crippen molar-refractivity contribution in [1.82, 2.24) is 0 Å². The molecule has 1 fully saturated rings. The predicted octanol–water partition coefficient (Wildman–Crippen LogP) is 4.84. The Morgan fingerprint density at radius 3 is 2.62 bits per heavy atom. The van der Waals surface area contributed by atoms with Crippen molar-refractivity contribution < 1.29 is 18.6 Å². The van der Waals surface area contributed by atoms with Crippen molar-refractivity contribution in [2.75, 3.05) is 12.8 Å². The van der Waals surface area contributed by atoms with E-state index in [0.29, 0.717) is 6.42 Å². The van der Waals surface area contributed by atoms with E-state index >= 15 is 0 Å². The van der Waals surface area contributed by atoms with Crippen LogP contribution in [-0.4, -0.2) is 29.7 Å². The summed E-state index contributed by atoms with van der Waals surface area (Å²) in [5.74, 6) is 0. The zero-order valence-corrected chi connectivity index (χ0v) is 16.5. The first-order valence-electron chi connectivity index (χ1n) is 8.66. The number of carbonyl (C=O) groups excluding carboxylic acids is 1. The van der Waals surface area contributed by atoms with Gasteiger partial charge in [0.1, 0.15) is 5.54 Å². The number of aliphatic imine (C=N–C) groups is 1. The Morgan fingerprint density at radius 1 is 1.38 bits per heavy atom. The van der Waals surface area contributed by atoms with E-state index in [1.54, 1.807) is 13.0 Å². The van der Waals surface area contributed by atoms with Crippen LogP contribution in [0.25, 0.3) is 0 Å². The summed E-state index contributed by atoms with van der Waals surface area (Å²) >= 11 is 0. The summed E-state index contributed by atoms with van der Waals surface area (Å²) in [6, 6.07) is 9.59. The molecular weight excluding hydrogens is 349 g/mol. The van der Waals surface area contributed by atoms with Crippen molar-refractivity contribution in [3.63, 3.8) is 0 Å². The van der Waals surface area contributed by atoms with Gasteiger partial charge in [-0.15, -0.1) is 6.58 Å². The summed E-state index contributed by atoms with van der Waals surface area (Å²) in [6.07, 6.45) is 5.50. The zero-order chi connectivity index (χ0) is 19.3. The number of hydrogen-bond acceptors (Lipinski definition) is 5. The van der Waals surface area contributed by atoms with Crippen LogP contribution in [0.5, 0.6) is 0 Å². The van der Waals surface area contributed by atoms with E-state index in [1.165, 1.54) is 6.08 Å². The van der Waals surface area contributed by atoms with Gasteiger partial charge in [0.15, 0.2) is 5.34 Å². The predicted molar refractivity (Wildman–Crippen MR) is 103 cm³/mol. The molecule has 0 radical (unpaired) electrons. The summed E-state index contributed by atoms with van der Waals surface area (Å²) in [5.41, 5.74) is 0.910. The van der Waals surface area contributed by atoms with Crippen molar-refractivity contribution in [3.05, 3.63) is 60.2 Å². The first kappa shape index (κ1) is 20.5. The molecule has 3 atom stereocenters. The van der Waals surface area contributed by atoms with Gasteiger partial charge in [-0.3, -0.25) is 4.57 Å². The van der Waals surface area contributed by atoms with Crippen LogP contribution in [0.4, 0.5) is 0 Å². The summed E-state index contributed by atoms with van der Waals surface area (Å²) in [6.45, 7) is 9.98. The maximum atomic E-state index is 13.8. The maximum Gasteiger partial charge on any atom is 0.240 e. The van der Waals surface area contributed by atoms with Gasteiger partial charge in [-0.2, -0.15) is 4.99 Å². The van der Waals surface area contributed by atoms with E-state index in [4.69, 9.17) is 9.26 Å². The maximum absolute atomic E-state index is 13.8. The number of rotatable bonds is 10. The van der Waals surface area contributed by atoms with Crippen molar-refractivity contribution in [1.29, 1.82) is 0 Å². The van der Waals surface area contributed by atoms with Crippen LogP contribution in [0.1, 0.15) is 32.8 Å². The quantitative estimate of drug-likeness (QED) is 0.254. The molecule has 5 nitrogen and oxygen atoms in total. The van der Waals surface area contributed by atoms with Crippen molar-refractivity contribution in [2.24, 2.45) is 4.99 Å². The molecule has 0 amide bonds. The first-order chi connectivity index (χ1) is 12.4. The van der Waals surface area contributed by atoms with Crippen LogP contribution in [0.15, 0.2) is 59.6 Å². The highest BCUT2D eigenvalue weighted by molar-refractivity contribution is 7.61. The molecule has 1 aliphatic rings. The second kappa shape index (κ2) is 8.28. The molecule has 140 valence electrons. The van der Waals surface area contributed by atoms with E-state index in [0.717, 1.165) is 11.1 Å². The monoisotopic (exact) mass is 375 g/mol. The molecule has 0 saturated heterocycles. The van der Waals surface area contributed by atoms with Crippen molar-refractivity contribution in [3.8, 4) is 0 Å². The molecule has 1 aromatic rings. The smallest absolute Gasteiger partial charge is 0.240 e. The Balaban J connectivity index is 2.43. The lowest BCUT2D eigenvalue weighted by molar-refractivity contribution is 0.0524. The van der Waals surface area contributed by atoms with E-state index in [2.05, 4.69) is 11.6 Å². The number of benzene rings is 1. The fourth-order valence-electron chi connectivity index (χ4n) is 3.09. The summed E-state index contributed by atoms with van der Waals surface area (Å²) in [4.78, 5) is 14.9. The number of hydrogen-bond donors (Lipinski definition) is 0. The van der Waals surface area contributed by atoms with Gasteiger partial charge in [0, 0.05) is 12.6 Å². The van der Waals surface area contributed by atoms with Crippen LogP contribution in [-0.2, 0) is 25.2 Å². The largest absolute Gasteiger partial charge is 0.357 e. The Morgan fingerprint density at radius 2 is 2.08 bits per heavy atom. The second-order valence-electron chi connectivity index (χ2n) is 6.62. The number of ether oxygens (including phenoxy) is 1. The molecule has 2 rings (SSSR count). The van der Waals surface area contributed by atoms with Gasteiger partial charge in [0.2, 0.25) is 13.4 Å². The molecule has 0 aromatic heterocycles. The van der Waals surface area contributed by atoms with Crippen LogP contribution >= 0.6 is 7.37 Å². The lowest BCUT2D eigenvalue weighted by Gasteiger charge is -2.29. The number of isocyanates is 1. The highest BCUT2D eigenvalue weighted by Crippen LogP contribution is 2.77. The topological polar surface area (TPSA) is 65.0 Å². The minimum absolute atomic E-state index is 0.224. The van der Waals surface area contributed by atoms with Gasteiger partial charge in [-0.05, 0) is 26.3 Å². The van der Waals surface area contributed by atoms with E-state index in [-0.39, 0.29) is 19.4 Å². The minimum atomic E-state index is -3.31. The Hall–Kier alpha value is -1.77. The van der Waals surface area contributed by atoms with Crippen LogP contribution < -0.4 is 0 Å². The molecule has 1 aromatic carbocycles. The molecule has 3 unspecified atom stereocenters. The number of nitrogens with zero attached hydrogens (tertiary/aromatic N) is 1. The summed E-state index contributed by atoms with van der Waals surface area (Å²) in [7, 11) is -3.31. The summed E-state index contributed by atoms with van der Waals surface area (Å²) < 4.78 is 25.8. The Labute approximate surface area is 155 Å². The van der Waals surface area contributed by atoms with Crippen LogP contribution in [0.3, 0.4) is 0 Å². The molecular formula is C20H26NO4P. The third-order valence-corrected chi connectivity index (χ3v) is 7.71. The van der Waals surface area contributed by atoms with E-state index in [9.17, 15) is 9.36 Å². The van der Waals surface area contributed by atoms with Gasteiger partial charge < -0.3 is 9.26 Å². The fraction of sp³-hybridized carbons (Fsp3) is 0.450. The van der Waals surface area contributed by atoms with E-state index < -0.39 is 18.2 Å². The molecule has 0 N–H and O–H groups in total. The third-order valence-electron chi connectivity index (χ3n) is 4.59. The third kappa shape index (κ3) is 3.82. The molecule has 1 saturated carbocycles. The average molecular weight is 375 g/mol. The molecule has 0 spiro atoms. The lowest BCUT2D eigenvalue weighted by atomic mass is 10.2. The second-order valence-corrected chi connectivity index (χ2v) is 9.31. The molecule has 1 aliphatic carbocycles.